The Kier molecular flexibility index (Phi) is 5.70. The smallest absolute Gasteiger partial charge is 0.252 e. The van der Waals surface area contributed by atoms with E-state index in [1.54, 1.807) is 25.3 Å². The molecule has 2 saturated heterocycles. The molecule has 1 amide bonds. The summed E-state index contributed by atoms with van der Waals surface area (Å²) < 4.78 is 30.2. The van der Waals surface area contributed by atoms with Crippen LogP contribution in [0.2, 0.25) is 0 Å². The lowest BCUT2D eigenvalue weighted by Gasteiger charge is -2.35. The number of hydrogen-bond acceptors (Lipinski definition) is 5. The molecule has 3 rings (SSSR count). The Morgan fingerprint density at radius 3 is 2.64 bits per heavy atom. The van der Waals surface area contributed by atoms with Gasteiger partial charge in [0.05, 0.1) is 30.2 Å². The third kappa shape index (κ3) is 4.35. The molecule has 2 aliphatic rings. The van der Waals surface area contributed by atoms with Gasteiger partial charge in [0.25, 0.3) is 5.91 Å². The summed E-state index contributed by atoms with van der Waals surface area (Å²) in [6, 6.07) is 4.64. The van der Waals surface area contributed by atoms with Crippen LogP contribution in [0.25, 0.3) is 0 Å². The lowest BCUT2D eigenvalue weighted by molar-refractivity contribution is 0.0899. The average Bonchev–Trinajstić information content (AvgIpc) is 2.90. The highest BCUT2D eigenvalue weighted by Crippen LogP contribution is 2.25. The van der Waals surface area contributed by atoms with Gasteiger partial charge in [-0.3, -0.25) is 9.69 Å². The molecule has 1 aromatic rings. The second kappa shape index (κ2) is 7.63. The van der Waals surface area contributed by atoms with Crippen molar-refractivity contribution in [2.75, 3.05) is 31.7 Å². The summed E-state index contributed by atoms with van der Waals surface area (Å²) in [5.74, 6) is 0.425. The van der Waals surface area contributed by atoms with Crippen molar-refractivity contribution in [2.24, 2.45) is 0 Å². The van der Waals surface area contributed by atoms with E-state index in [-0.39, 0.29) is 29.5 Å². The van der Waals surface area contributed by atoms with Crippen LogP contribution in [0.15, 0.2) is 22.7 Å². The molecule has 2 aliphatic heterocycles. The molecule has 25 heavy (non-hydrogen) atoms. The third-order valence-electron chi connectivity index (χ3n) is 4.92. The maximum absolute atomic E-state index is 12.7. The number of rotatable bonds is 4. The van der Waals surface area contributed by atoms with Gasteiger partial charge in [0.1, 0.15) is 5.75 Å². The van der Waals surface area contributed by atoms with Gasteiger partial charge in [0.15, 0.2) is 9.84 Å². The van der Waals surface area contributed by atoms with E-state index in [0.29, 0.717) is 15.8 Å². The first kappa shape index (κ1) is 18.7. The molecule has 138 valence electrons. The summed E-state index contributed by atoms with van der Waals surface area (Å²) in [5.41, 5.74) is 0.445. The quantitative estimate of drug-likeness (QED) is 0.788. The van der Waals surface area contributed by atoms with E-state index in [0.717, 1.165) is 25.9 Å². The molecule has 2 unspecified atom stereocenters. The molecule has 1 aromatic carbocycles. The molecular formula is C17H23BrN2O4S. The molecule has 0 spiro atoms. The highest BCUT2D eigenvalue weighted by Gasteiger charge is 2.42. The fourth-order valence-electron chi connectivity index (χ4n) is 3.63. The number of methoxy groups -OCH3 is 1. The van der Waals surface area contributed by atoms with Gasteiger partial charge in [-0.15, -0.1) is 0 Å². The first-order chi connectivity index (χ1) is 11.9. The number of carbonyl (C=O) groups is 1. The van der Waals surface area contributed by atoms with Crippen molar-refractivity contribution in [1.82, 2.24) is 10.2 Å². The first-order valence-corrected chi connectivity index (χ1v) is 11.1. The lowest BCUT2D eigenvalue weighted by atomic mass is 10.0. The van der Waals surface area contributed by atoms with Crippen LogP contribution in [0.5, 0.6) is 5.75 Å². The largest absolute Gasteiger partial charge is 0.497 e. The minimum Gasteiger partial charge on any atom is -0.497 e. The van der Waals surface area contributed by atoms with Gasteiger partial charge in [-0.2, -0.15) is 0 Å². The van der Waals surface area contributed by atoms with Crippen LogP contribution in [0, 0.1) is 0 Å². The van der Waals surface area contributed by atoms with E-state index < -0.39 is 9.84 Å². The summed E-state index contributed by atoms with van der Waals surface area (Å²) >= 11 is 3.38. The number of halogens is 1. The Labute approximate surface area is 157 Å². The second-order valence-corrected chi connectivity index (χ2v) is 9.67. The predicted octanol–water partition coefficient (Wildman–Crippen LogP) is 1.84. The molecule has 0 radical (unpaired) electrons. The monoisotopic (exact) mass is 430 g/mol. The average molecular weight is 431 g/mol. The standard InChI is InChI=1S/C17H23BrN2O4S/c1-24-12-5-6-14(18)13(9-12)17(21)19-15-10-25(22,23)11-16(15)20-7-3-2-4-8-20/h5-6,9,15-16H,2-4,7-8,10-11H2,1H3,(H,19,21). The van der Waals surface area contributed by atoms with Gasteiger partial charge < -0.3 is 10.1 Å². The number of amides is 1. The molecule has 2 fully saturated rings. The zero-order valence-corrected chi connectivity index (χ0v) is 16.6. The minimum atomic E-state index is -3.14. The van der Waals surface area contributed by atoms with Gasteiger partial charge in [-0.25, -0.2) is 8.42 Å². The number of benzene rings is 1. The molecule has 0 aromatic heterocycles. The van der Waals surface area contributed by atoms with Crippen LogP contribution in [-0.2, 0) is 9.84 Å². The van der Waals surface area contributed by atoms with E-state index >= 15 is 0 Å². The van der Waals surface area contributed by atoms with Crippen molar-refractivity contribution >= 4 is 31.7 Å². The fraction of sp³-hybridized carbons (Fsp3) is 0.588. The molecule has 0 saturated carbocycles. The van der Waals surface area contributed by atoms with Crippen LogP contribution < -0.4 is 10.1 Å². The Balaban J connectivity index is 1.78. The zero-order chi connectivity index (χ0) is 18.0. The molecular weight excluding hydrogens is 408 g/mol. The van der Waals surface area contributed by atoms with E-state index in [1.165, 1.54) is 6.42 Å². The number of carbonyl (C=O) groups excluding carboxylic acids is 1. The SMILES string of the molecule is COc1ccc(Br)c(C(=O)NC2CS(=O)(=O)CC2N2CCCCC2)c1. The highest BCUT2D eigenvalue weighted by molar-refractivity contribution is 9.10. The van der Waals surface area contributed by atoms with Gasteiger partial charge in [0, 0.05) is 10.5 Å². The summed E-state index contributed by atoms with van der Waals surface area (Å²) in [4.78, 5) is 14.9. The van der Waals surface area contributed by atoms with E-state index in [4.69, 9.17) is 4.74 Å². The van der Waals surface area contributed by atoms with Crippen molar-refractivity contribution in [2.45, 2.75) is 31.3 Å². The molecule has 8 heteroatoms. The summed E-state index contributed by atoms with van der Waals surface area (Å²) in [7, 11) is -1.60. The number of likely N-dealkylation sites (tertiary alicyclic amines) is 1. The highest BCUT2D eigenvalue weighted by atomic mass is 79.9. The Hall–Kier alpha value is -1.12. The summed E-state index contributed by atoms with van der Waals surface area (Å²) in [5, 5.41) is 2.94. The van der Waals surface area contributed by atoms with Crippen molar-refractivity contribution in [3.8, 4) is 5.75 Å². The fourth-order valence-corrected chi connectivity index (χ4v) is 6.01. The van der Waals surface area contributed by atoms with E-state index in [2.05, 4.69) is 26.1 Å². The number of sulfone groups is 1. The number of nitrogens with zero attached hydrogens (tertiary/aromatic N) is 1. The Bertz CT molecular complexity index is 747. The number of hydrogen-bond donors (Lipinski definition) is 1. The first-order valence-electron chi connectivity index (χ1n) is 8.48. The molecule has 1 N–H and O–H groups in total. The minimum absolute atomic E-state index is 0.00148. The van der Waals surface area contributed by atoms with Crippen LogP contribution in [0.3, 0.4) is 0 Å². The topological polar surface area (TPSA) is 75.7 Å². The summed E-state index contributed by atoms with van der Waals surface area (Å²) in [6.45, 7) is 1.80. The normalized spacial score (nSPS) is 26.3. The molecule has 6 nitrogen and oxygen atoms in total. The van der Waals surface area contributed by atoms with Gasteiger partial charge in [0.2, 0.25) is 0 Å². The van der Waals surface area contributed by atoms with Crippen LogP contribution in [0.1, 0.15) is 29.6 Å². The summed E-state index contributed by atoms with van der Waals surface area (Å²) in [6.07, 6.45) is 3.35. The van der Waals surface area contributed by atoms with E-state index in [1.807, 2.05) is 0 Å². The van der Waals surface area contributed by atoms with Crippen molar-refractivity contribution < 1.29 is 17.9 Å². The molecule has 0 aliphatic carbocycles. The van der Waals surface area contributed by atoms with Crippen LogP contribution in [0.4, 0.5) is 0 Å². The van der Waals surface area contributed by atoms with Crippen LogP contribution >= 0.6 is 15.9 Å². The number of nitrogens with one attached hydrogen (secondary N) is 1. The Morgan fingerprint density at radius 2 is 1.96 bits per heavy atom. The van der Waals surface area contributed by atoms with Crippen molar-refractivity contribution in [3.63, 3.8) is 0 Å². The maximum Gasteiger partial charge on any atom is 0.252 e. The van der Waals surface area contributed by atoms with E-state index in [9.17, 15) is 13.2 Å². The van der Waals surface area contributed by atoms with Crippen molar-refractivity contribution in [1.29, 1.82) is 0 Å². The zero-order valence-electron chi connectivity index (χ0n) is 14.2. The molecule has 2 atom stereocenters. The van der Waals surface area contributed by atoms with Gasteiger partial charge in [-0.05, 0) is 60.1 Å². The molecule has 2 heterocycles. The number of ether oxygens (including phenoxy) is 1. The molecule has 0 bridgehead atoms. The maximum atomic E-state index is 12.7. The van der Waals surface area contributed by atoms with Gasteiger partial charge >= 0.3 is 0 Å². The second-order valence-electron chi connectivity index (χ2n) is 6.67. The predicted molar refractivity (Wildman–Crippen MR) is 99.8 cm³/mol. The van der Waals surface area contributed by atoms with Crippen molar-refractivity contribution in [3.05, 3.63) is 28.2 Å². The lowest BCUT2D eigenvalue weighted by Crippen LogP contribution is -2.52. The van der Waals surface area contributed by atoms with Gasteiger partial charge in [-0.1, -0.05) is 6.42 Å². The third-order valence-corrected chi connectivity index (χ3v) is 7.32. The van der Waals surface area contributed by atoms with Crippen LogP contribution in [-0.4, -0.2) is 63.0 Å². The number of piperidine rings is 1. The Morgan fingerprint density at radius 1 is 1.24 bits per heavy atom.